The summed E-state index contributed by atoms with van der Waals surface area (Å²) in [6.45, 7) is 3.68. The third-order valence-electron chi connectivity index (χ3n) is 5.64. The van der Waals surface area contributed by atoms with Crippen LogP contribution in [0, 0.1) is 0 Å². The molecule has 1 aliphatic heterocycles. The van der Waals surface area contributed by atoms with Crippen molar-refractivity contribution >= 4 is 33.2 Å². The number of nitrogen functional groups attached to an aromatic ring is 1. The van der Waals surface area contributed by atoms with E-state index in [-0.39, 0.29) is 6.61 Å². The maximum Gasteiger partial charge on any atom is 0.350 e. The largest absolute Gasteiger partial charge is 0.493 e. The monoisotopic (exact) mass is 457 g/mol. The Morgan fingerprint density at radius 3 is 2.47 bits per heavy atom. The molecule has 0 saturated heterocycles. The highest BCUT2D eigenvalue weighted by atomic mass is 32.1. The van der Waals surface area contributed by atoms with Crippen LogP contribution in [0.15, 0.2) is 12.1 Å². The van der Waals surface area contributed by atoms with Crippen molar-refractivity contribution in [2.45, 2.75) is 19.9 Å². The highest BCUT2D eigenvalue weighted by molar-refractivity contribution is 7.21. The van der Waals surface area contributed by atoms with E-state index in [0.717, 1.165) is 45.6 Å². The number of carbonyl (C=O) groups is 1. The molecule has 1 aliphatic rings. The molecule has 0 bridgehead atoms. The van der Waals surface area contributed by atoms with E-state index in [2.05, 4.69) is 11.9 Å². The molecular formula is C23H27N3O5S. The molecule has 0 amide bonds. The van der Waals surface area contributed by atoms with Crippen molar-refractivity contribution in [1.29, 1.82) is 0 Å². The summed E-state index contributed by atoms with van der Waals surface area (Å²) in [5, 5.41) is 0.751. The number of esters is 1. The van der Waals surface area contributed by atoms with Crippen molar-refractivity contribution < 1.29 is 23.7 Å². The van der Waals surface area contributed by atoms with Crippen LogP contribution >= 0.6 is 11.3 Å². The Morgan fingerprint density at radius 1 is 1.19 bits per heavy atom. The molecule has 0 aliphatic carbocycles. The summed E-state index contributed by atoms with van der Waals surface area (Å²) < 4.78 is 21.9. The minimum absolute atomic E-state index is 0.279. The topological polar surface area (TPSA) is 96.1 Å². The van der Waals surface area contributed by atoms with Crippen molar-refractivity contribution in [3.63, 3.8) is 0 Å². The van der Waals surface area contributed by atoms with Gasteiger partial charge in [0.2, 0.25) is 5.75 Å². The molecule has 0 fully saturated rings. The summed E-state index contributed by atoms with van der Waals surface area (Å²) in [4.78, 5) is 20.8. The number of nitrogens with zero attached hydrogens (tertiary/aromatic N) is 2. The molecule has 170 valence electrons. The normalized spacial score (nSPS) is 13.7. The smallest absolute Gasteiger partial charge is 0.350 e. The van der Waals surface area contributed by atoms with Gasteiger partial charge in [0.05, 0.1) is 33.6 Å². The van der Waals surface area contributed by atoms with Gasteiger partial charge in [-0.3, -0.25) is 0 Å². The second-order valence-corrected chi connectivity index (χ2v) is 8.56. The second kappa shape index (κ2) is 8.84. The highest BCUT2D eigenvalue weighted by Crippen LogP contribution is 2.47. The first-order chi connectivity index (χ1) is 15.4. The van der Waals surface area contributed by atoms with E-state index >= 15 is 0 Å². The van der Waals surface area contributed by atoms with Crippen LogP contribution in [-0.2, 0) is 17.7 Å². The van der Waals surface area contributed by atoms with Crippen molar-refractivity contribution in [2.75, 3.05) is 47.3 Å². The number of ether oxygens (including phenoxy) is 4. The van der Waals surface area contributed by atoms with Crippen LogP contribution in [0.1, 0.15) is 27.9 Å². The van der Waals surface area contributed by atoms with Gasteiger partial charge >= 0.3 is 5.97 Å². The van der Waals surface area contributed by atoms with Gasteiger partial charge in [-0.15, -0.1) is 11.3 Å². The molecule has 32 heavy (non-hydrogen) atoms. The van der Waals surface area contributed by atoms with Gasteiger partial charge < -0.3 is 29.6 Å². The average molecular weight is 458 g/mol. The summed E-state index contributed by atoms with van der Waals surface area (Å²) >= 11 is 1.27. The van der Waals surface area contributed by atoms with Crippen molar-refractivity contribution in [3.8, 4) is 28.4 Å². The summed E-state index contributed by atoms with van der Waals surface area (Å²) in [6, 6.07) is 3.82. The molecule has 0 radical (unpaired) electrons. The molecule has 4 rings (SSSR count). The molecule has 2 N–H and O–H groups in total. The summed E-state index contributed by atoms with van der Waals surface area (Å²) in [5.41, 5.74) is 10.8. The summed E-state index contributed by atoms with van der Waals surface area (Å²) in [5.74, 6) is 1.17. The maximum atomic E-state index is 12.6. The van der Waals surface area contributed by atoms with Gasteiger partial charge in [0.1, 0.15) is 9.71 Å². The predicted octanol–water partition coefficient (Wildman–Crippen LogP) is 3.74. The Hall–Kier alpha value is -3.04. The van der Waals surface area contributed by atoms with Crippen LogP contribution in [-0.4, -0.2) is 57.4 Å². The first kappa shape index (κ1) is 22.2. The molecular weight excluding hydrogens is 430 g/mol. The molecule has 0 atom stereocenters. The third-order valence-corrected chi connectivity index (χ3v) is 6.72. The first-order valence-electron chi connectivity index (χ1n) is 10.3. The third kappa shape index (κ3) is 3.61. The number of hydrogen-bond acceptors (Lipinski definition) is 9. The molecule has 3 heterocycles. The van der Waals surface area contributed by atoms with Gasteiger partial charge in [-0.1, -0.05) is 0 Å². The first-order valence-corrected chi connectivity index (χ1v) is 11.1. The number of nitrogens with two attached hydrogens (primary N) is 1. The van der Waals surface area contributed by atoms with E-state index in [1.54, 1.807) is 28.3 Å². The molecule has 9 heteroatoms. The van der Waals surface area contributed by atoms with Gasteiger partial charge in [0, 0.05) is 36.2 Å². The average Bonchev–Trinajstić information content (AvgIpc) is 3.12. The van der Waals surface area contributed by atoms with Gasteiger partial charge in [-0.05, 0) is 37.2 Å². The van der Waals surface area contributed by atoms with E-state index in [1.165, 1.54) is 11.3 Å². The predicted molar refractivity (Wildman–Crippen MR) is 125 cm³/mol. The number of thiophene rings is 1. The van der Waals surface area contributed by atoms with Crippen molar-refractivity contribution in [2.24, 2.45) is 0 Å². The molecule has 3 aromatic rings. The fourth-order valence-corrected chi connectivity index (χ4v) is 5.17. The standard InChI is InChI=1S/C23H27N3O5S/c1-6-31-23(27)21-19(24)18-17(12-9-15(28-3)20(30-5)16(10-12)29-4)13-11-26(2)8-7-14(13)25-22(18)32-21/h9-10H,6-8,11,24H2,1-5H3. The maximum absolute atomic E-state index is 12.6. The number of methoxy groups -OCH3 is 3. The number of anilines is 1. The Balaban J connectivity index is 2.07. The number of pyridine rings is 1. The summed E-state index contributed by atoms with van der Waals surface area (Å²) in [6.07, 6.45) is 0.811. The van der Waals surface area contributed by atoms with Gasteiger partial charge in [-0.2, -0.15) is 0 Å². The number of benzene rings is 1. The van der Waals surface area contributed by atoms with E-state index in [9.17, 15) is 4.79 Å². The number of fused-ring (bicyclic) bond motifs is 2. The number of aromatic nitrogens is 1. The van der Waals surface area contributed by atoms with Crippen LogP contribution in [0.2, 0.25) is 0 Å². The summed E-state index contributed by atoms with van der Waals surface area (Å²) in [7, 11) is 6.83. The number of rotatable bonds is 6. The van der Waals surface area contributed by atoms with E-state index < -0.39 is 5.97 Å². The van der Waals surface area contributed by atoms with Gasteiger partial charge in [0.15, 0.2) is 11.5 Å². The zero-order valence-corrected chi connectivity index (χ0v) is 19.7. The lowest BCUT2D eigenvalue weighted by Crippen LogP contribution is -2.28. The minimum atomic E-state index is -0.432. The quantitative estimate of drug-likeness (QED) is 0.560. The SMILES string of the molecule is CCOC(=O)c1sc2nc3c(c(-c4cc(OC)c(OC)c(OC)c4)c2c1N)CN(C)CC3. The van der Waals surface area contributed by atoms with Crippen molar-refractivity contribution in [3.05, 3.63) is 28.3 Å². The van der Waals surface area contributed by atoms with Crippen LogP contribution in [0.4, 0.5) is 5.69 Å². The molecule has 0 spiro atoms. The Kier molecular flexibility index (Phi) is 6.12. The minimum Gasteiger partial charge on any atom is -0.493 e. The molecule has 1 aromatic carbocycles. The number of hydrogen-bond donors (Lipinski definition) is 1. The second-order valence-electron chi connectivity index (χ2n) is 7.56. The lowest BCUT2D eigenvalue weighted by molar-refractivity contribution is 0.0533. The van der Waals surface area contributed by atoms with Crippen LogP contribution in [0.5, 0.6) is 17.2 Å². The van der Waals surface area contributed by atoms with E-state index in [0.29, 0.717) is 34.4 Å². The van der Waals surface area contributed by atoms with E-state index in [1.807, 2.05) is 12.1 Å². The number of carbonyl (C=O) groups excluding carboxylic acids is 1. The highest BCUT2D eigenvalue weighted by Gasteiger charge is 2.28. The lowest BCUT2D eigenvalue weighted by Gasteiger charge is -2.27. The van der Waals surface area contributed by atoms with Crippen LogP contribution in [0.25, 0.3) is 21.3 Å². The van der Waals surface area contributed by atoms with Crippen LogP contribution < -0.4 is 19.9 Å². The Morgan fingerprint density at radius 2 is 1.88 bits per heavy atom. The number of likely N-dealkylation sites (N-methyl/N-ethyl adjacent to an activating group) is 1. The Bertz CT molecular complexity index is 1170. The molecule has 2 aromatic heterocycles. The molecule has 0 unspecified atom stereocenters. The van der Waals surface area contributed by atoms with E-state index in [4.69, 9.17) is 29.7 Å². The van der Waals surface area contributed by atoms with Crippen LogP contribution in [0.3, 0.4) is 0 Å². The molecule has 8 nitrogen and oxygen atoms in total. The fourth-order valence-electron chi connectivity index (χ4n) is 4.15. The van der Waals surface area contributed by atoms with Crippen molar-refractivity contribution in [1.82, 2.24) is 9.88 Å². The zero-order valence-electron chi connectivity index (χ0n) is 18.9. The lowest BCUT2D eigenvalue weighted by atomic mass is 9.91. The zero-order chi connectivity index (χ0) is 23.0. The fraction of sp³-hybridized carbons (Fsp3) is 0.391. The van der Waals surface area contributed by atoms with Gasteiger partial charge in [-0.25, -0.2) is 9.78 Å². The molecule has 0 saturated carbocycles. The Labute approximate surface area is 190 Å². The van der Waals surface area contributed by atoms with Gasteiger partial charge in [0.25, 0.3) is 0 Å².